The molecule has 3 rings (SSSR count). The molecule has 0 aromatic carbocycles. The number of rotatable bonds is 3. The van der Waals surface area contributed by atoms with Crippen LogP contribution in [0.5, 0.6) is 5.88 Å². The quantitative estimate of drug-likeness (QED) is 0.472. The topological polar surface area (TPSA) is 149 Å². The van der Waals surface area contributed by atoms with Crippen molar-refractivity contribution in [3.63, 3.8) is 0 Å². The molecule has 0 bridgehead atoms. The van der Waals surface area contributed by atoms with Gasteiger partial charge in [-0.3, -0.25) is 4.57 Å². The number of aliphatic hydroxyl groups excluding tert-OH is 3. The molecular weight excluding hydrogens is 306 g/mol. The molecule has 3 heterocycles. The van der Waals surface area contributed by atoms with Gasteiger partial charge < -0.3 is 30.5 Å². The maximum atomic E-state index is 10.2. The van der Waals surface area contributed by atoms with Gasteiger partial charge in [-0.2, -0.15) is 9.97 Å². The van der Waals surface area contributed by atoms with Crippen LogP contribution in [0.1, 0.15) is 6.23 Å². The molecule has 2 aromatic heterocycles. The zero-order valence-corrected chi connectivity index (χ0v) is 12.1. The van der Waals surface area contributed by atoms with Crippen molar-refractivity contribution < 1.29 is 24.8 Å². The average Bonchev–Trinajstić information content (AvgIpc) is 3.07. The lowest BCUT2D eigenvalue weighted by Gasteiger charge is -2.23. The molecule has 10 heteroatoms. The lowest BCUT2D eigenvalue weighted by molar-refractivity contribution is -0.0910. The Hall–Kier alpha value is -2.45. The van der Waals surface area contributed by atoms with Crippen LogP contribution in [0.25, 0.3) is 11.2 Å². The monoisotopic (exact) mass is 321 g/mol. The molecule has 2 aromatic rings. The number of ether oxygens (including phenoxy) is 2. The Balaban J connectivity index is 2.11. The fraction of sp³-hybridized carbons (Fsp3) is 0.462. The molecule has 1 saturated heterocycles. The van der Waals surface area contributed by atoms with Gasteiger partial charge in [0, 0.05) is 0 Å². The van der Waals surface area contributed by atoms with Gasteiger partial charge in [-0.05, 0) is 0 Å². The van der Waals surface area contributed by atoms with E-state index in [1.807, 2.05) is 0 Å². The number of fused-ring (bicyclic) bond motifs is 1. The van der Waals surface area contributed by atoms with Crippen molar-refractivity contribution in [3.05, 3.63) is 6.33 Å². The first-order valence-electron chi connectivity index (χ1n) is 6.64. The molecule has 4 unspecified atom stereocenters. The minimum Gasteiger partial charge on any atom is -0.479 e. The van der Waals surface area contributed by atoms with Gasteiger partial charge in [-0.1, -0.05) is 5.92 Å². The van der Waals surface area contributed by atoms with Crippen molar-refractivity contribution in [2.45, 2.75) is 24.0 Å². The summed E-state index contributed by atoms with van der Waals surface area (Å²) in [5.41, 5.74) is 4.44. The van der Waals surface area contributed by atoms with Crippen LogP contribution in [0, 0.1) is 12.3 Å². The highest BCUT2D eigenvalue weighted by molar-refractivity contribution is 5.77. The van der Waals surface area contributed by atoms with Gasteiger partial charge in [0.2, 0.25) is 11.8 Å². The standard InChI is InChI=1S/C13H15N5O5/c1-3-13(4-19)8(21)7(20)11(23-13)18-5-15-6-9(18)16-12(14)17-10(6)22-2/h1,5,7-8,11,19-21H,4H2,2H3,(H2,14,16,17). The third-order valence-corrected chi connectivity index (χ3v) is 3.78. The minimum atomic E-state index is -1.72. The van der Waals surface area contributed by atoms with Crippen molar-refractivity contribution in [3.8, 4) is 18.2 Å². The molecule has 5 N–H and O–H groups in total. The predicted octanol–water partition coefficient (Wildman–Crippen LogP) is -1.97. The summed E-state index contributed by atoms with van der Waals surface area (Å²) >= 11 is 0. The number of nitrogens with zero attached hydrogens (tertiary/aromatic N) is 4. The number of methoxy groups -OCH3 is 1. The molecule has 122 valence electrons. The number of hydrogen-bond acceptors (Lipinski definition) is 9. The summed E-state index contributed by atoms with van der Waals surface area (Å²) in [6.07, 6.45) is 2.65. The Kier molecular flexibility index (Phi) is 3.57. The van der Waals surface area contributed by atoms with E-state index in [2.05, 4.69) is 20.9 Å². The van der Waals surface area contributed by atoms with E-state index in [1.165, 1.54) is 18.0 Å². The molecule has 1 aliphatic heterocycles. The molecule has 10 nitrogen and oxygen atoms in total. The Morgan fingerprint density at radius 1 is 1.52 bits per heavy atom. The summed E-state index contributed by atoms with van der Waals surface area (Å²) < 4.78 is 12.0. The summed E-state index contributed by atoms with van der Waals surface area (Å²) in [5, 5.41) is 29.8. The number of aliphatic hydroxyl groups is 3. The van der Waals surface area contributed by atoms with Gasteiger partial charge in [0.15, 0.2) is 23.0 Å². The van der Waals surface area contributed by atoms with E-state index >= 15 is 0 Å². The van der Waals surface area contributed by atoms with Crippen molar-refractivity contribution >= 4 is 17.1 Å². The molecule has 0 saturated carbocycles. The van der Waals surface area contributed by atoms with Crippen molar-refractivity contribution in [1.82, 2.24) is 19.5 Å². The lowest BCUT2D eigenvalue weighted by Crippen LogP contribution is -2.44. The highest BCUT2D eigenvalue weighted by atomic mass is 16.6. The van der Waals surface area contributed by atoms with Crippen LogP contribution in [0.4, 0.5) is 5.95 Å². The van der Waals surface area contributed by atoms with Crippen LogP contribution in [0.3, 0.4) is 0 Å². The highest BCUT2D eigenvalue weighted by Gasteiger charge is 2.54. The van der Waals surface area contributed by atoms with Crippen LogP contribution in [0.2, 0.25) is 0 Å². The maximum Gasteiger partial charge on any atom is 0.246 e. The third-order valence-electron chi connectivity index (χ3n) is 3.78. The van der Waals surface area contributed by atoms with Gasteiger partial charge in [-0.15, -0.1) is 6.42 Å². The van der Waals surface area contributed by atoms with Gasteiger partial charge in [-0.25, -0.2) is 4.98 Å². The maximum absolute atomic E-state index is 10.2. The normalized spacial score (nSPS) is 30.5. The fourth-order valence-corrected chi connectivity index (χ4v) is 2.54. The zero-order chi connectivity index (χ0) is 16.8. The molecule has 0 spiro atoms. The van der Waals surface area contributed by atoms with Crippen molar-refractivity contribution in [1.29, 1.82) is 0 Å². The first kappa shape index (κ1) is 15.4. The average molecular weight is 321 g/mol. The van der Waals surface area contributed by atoms with E-state index in [9.17, 15) is 15.3 Å². The van der Waals surface area contributed by atoms with E-state index < -0.39 is 30.6 Å². The number of nitrogen functional groups attached to an aromatic ring is 1. The van der Waals surface area contributed by atoms with Gasteiger partial charge in [0.05, 0.1) is 20.0 Å². The minimum absolute atomic E-state index is 0.0606. The molecule has 0 radical (unpaired) electrons. The Morgan fingerprint density at radius 3 is 2.83 bits per heavy atom. The summed E-state index contributed by atoms with van der Waals surface area (Å²) in [7, 11) is 1.40. The van der Waals surface area contributed by atoms with Crippen LogP contribution in [-0.2, 0) is 4.74 Å². The number of nitrogens with two attached hydrogens (primary N) is 1. The van der Waals surface area contributed by atoms with E-state index in [0.29, 0.717) is 5.52 Å². The van der Waals surface area contributed by atoms with Crippen LogP contribution >= 0.6 is 0 Å². The summed E-state index contributed by atoms with van der Waals surface area (Å²) in [6, 6.07) is 0. The summed E-state index contributed by atoms with van der Waals surface area (Å²) in [5.74, 6) is 2.28. The van der Waals surface area contributed by atoms with Gasteiger partial charge in [0.1, 0.15) is 12.2 Å². The molecule has 4 atom stereocenters. The highest BCUT2D eigenvalue weighted by Crippen LogP contribution is 2.38. The van der Waals surface area contributed by atoms with Crippen LogP contribution in [0.15, 0.2) is 6.33 Å². The largest absolute Gasteiger partial charge is 0.479 e. The van der Waals surface area contributed by atoms with E-state index in [4.69, 9.17) is 21.6 Å². The smallest absolute Gasteiger partial charge is 0.246 e. The Bertz CT molecular complexity index is 787. The van der Waals surface area contributed by atoms with Crippen LogP contribution < -0.4 is 10.5 Å². The van der Waals surface area contributed by atoms with E-state index in [-0.39, 0.29) is 17.5 Å². The van der Waals surface area contributed by atoms with Gasteiger partial charge >= 0.3 is 0 Å². The first-order valence-corrected chi connectivity index (χ1v) is 6.64. The number of terminal acetylenes is 1. The van der Waals surface area contributed by atoms with E-state index in [1.54, 1.807) is 0 Å². The number of hydrogen-bond donors (Lipinski definition) is 4. The zero-order valence-electron chi connectivity index (χ0n) is 12.1. The number of imidazole rings is 1. The molecule has 1 aliphatic rings. The second-order valence-electron chi connectivity index (χ2n) is 5.05. The number of aromatic nitrogens is 4. The molecular formula is C13H15N5O5. The van der Waals surface area contributed by atoms with Crippen molar-refractivity contribution in [2.24, 2.45) is 0 Å². The Morgan fingerprint density at radius 2 is 2.26 bits per heavy atom. The van der Waals surface area contributed by atoms with Gasteiger partial charge in [0.25, 0.3) is 0 Å². The molecule has 1 fully saturated rings. The predicted molar refractivity (Wildman–Crippen MR) is 77.1 cm³/mol. The molecule has 0 amide bonds. The van der Waals surface area contributed by atoms with E-state index in [0.717, 1.165) is 0 Å². The third kappa shape index (κ3) is 2.10. The number of anilines is 1. The molecule has 0 aliphatic carbocycles. The molecule has 23 heavy (non-hydrogen) atoms. The van der Waals surface area contributed by atoms with Crippen LogP contribution in [-0.4, -0.2) is 66.4 Å². The Labute approximate surface area is 130 Å². The first-order chi connectivity index (χ1) is 11.0. The summed E-state index contributed by atoms with van der Waals surface area (Å²) in [6.45, 7) is -0.661. The SMILES string of the molecule is C#CC1(CO)OC(n2cnc3c(OC)nc(N)nc32)C(O)C1O. The lowest BCUT2D eigenvalue weighted by atomic mass is 9.97. The fourth-order valence-electron chi connectivity index (χ4n) is 2.54. The van der Waals surface area contributed by atoms with Crippen molar-refractivity contribution in [2.75, 3.05) is 19.5 Å². The summed E-state index contributed by atoms with van der Waals surface area (Å²) in [4.78, 5) is 12.1. The second kappa shape index (κ2) is 5.32. The second-order valence-corrected chi connectivity index (χ2v) is 5.05.